The third-order valence-electron chi connectivity index (χ3n) is 3.33. The van der Waals surface area contributed by atoms with Crippen LogP contribution in [0.3, 0.4) is 0 Å². The van der Waals surface area contributed by atoms with Crippen LogP contribution in [0.1, 0.15) is 30.8 Å². The lowest BCUT2D eigenvalue weighted by atomic mass is 10.2. The minimum atomic E-state index is 0.489. The molecule has 0 radical (unpaired) electrons. The van der Waals surface area contributed by atoms with Crippen LogP contribution in [-0.4, -0.2) is 16.9 Å². The zero-order valence-corrected chi connectivity index (χ0v) is 14.3. The normalized spacial score (nSPS) is 10.7. The first-order valence-corrected chi connectivity index (χ1v) is 8.25. The summed E-state index contributed by atoms with van der Waals surface area (Å²) in [5.41, 5.74) is 3.33. The van der Waals surface area contributed by atoms with Gasteiger partial charge in [-0.3, -0.25) is 4.68 Å². The quantitative estimate of drug-likeness (QED) is 0.708. The highest BCUT2D eigenvalue weighted by atomic mass is 79.9. The lowest BCUT2D eigenvalue weighted by Crippen LogP contribution is -2.06. The molecule has 2 aromatic rings. The van der Waals surface area contributed by atoms with Crippen molar-refractivity contribution in [1.82, 2.24) is 9.78 Å². The maximum absolute atomic E-state index is 5.95. The number of halogens is 1. The highest BCUT2D eigenvalue weighted by Crippen LogP contribution is 2.29. The summed E-state index contributed by atoms with van der Waals surface area (Å²) in [6.45, 7) is 5.53. The summed E-state index contributed by atoms with van der Waals surface area (Å²) in [7, 11) is 1.65. The van der Waals surface area contributed by atoms with Crippen molar-refractivity contribution in [2.24, 2.45) is 0 Å². The van der Waals surface area contributed by atoms with Gasteiger partial charge in [0, 0.05) is 11.9 Å². The van der Waals surface area contributed by atoms with Crippen molar-refractivity contribution in [2.45, 2.75) is 38.8 Å². The first-order valence-electron chi connectivity index (χ1n) is 7.13. The molecule has 0 spiro atoms. The molecule has 1 aromatic carbocycles. The third-order valence-corrected chi connectivity index (χ3v) is 3.98. The van der Waals surface area contributed by atoms with Gasteiger partial charge >= 0.3 is 0 Å². The van der Waals surface area contributed by atoms with Crippen molar-refractivity contribution in [3.8, 4) is 11.5 Å². The molecule has 0 fully saturated rings. The standard InChI is InChI=1S/C16H21BrN2O2/c1-4-13-9-14(19(5-2)18-13)11-21-16-8-12(10-17)6-7-15(16)20-3/h6-9H,4-5,10-11H2,1-3H3. The maximum Gasteiger partial charge on any atom is 0.162 e. The molecule has 0 aliphatic carbocycles. The highest BCUT2D eigenvalue weighted by molar-refractivity contribution is 9.08. The van der Waals surface area contributed by atoms with Crippen molar-refractivity contribution in [3.63, 3.8) is 0 Å². The lowest BCUT2D eigenvalue weighted by Gasteiger charge is -2.12. The van der Waals surface area contributed by atoms with Gasteiger partial charge in [0.25, 0.3) is 0 Å². The molecule has 114 valence electrons. The second kappa shape index (κ2) is 7.50. The van der Waals surface area contributed by atoms with Gasteiger partial charge in [0.15, 0.2) is 11.5 Å². The molecule has 21 heavy (non-hydrogen) atoms. The van der Waals surface area contributed by atoms with E-state index in [4.69, 9.17) is 9.47 Å². The van der Waals surface area contributed by atoms with Gasteiger partial charge in [-0.1, -0.05) is 28.9 Å². The largest absolute Gasteiger partial charge is 0.493 e. The molecule has 0 amide bonds. The van der Waals surface area contributed by atoms with Crippen LogP contribution in [0, 0.1) is 0 Å². The monoisotopic (exact) mass is 352 g/mol. The fourth-order valence-electron chi connectivity index (χ4n) is 2.15. The first kappa shape index (κ1) is 15.9. The highest BCUT2D eigenvalue weighted by Gasteiger charge is 2.09. The number of nitrogens with zero attached hydrogens (tertiary/aromatic N) is 2. The zero-order chi connectivity index (χ0) is 15.2. The third kappa shape index (κ3) is 3.79. The number of hydrogen-bond donors (Lipinski definition) is 0. The molecule has 0 saturated heterocycles. The molecular formula is C16H21BrN2O2. The summed E-state index contributed by atoms with van der Waals surface area (Å²) in [5, 5.41) is 5.33. The van der Waals surface area contributed by atoms with E-state index in [1.54, 1.807) is 7.11 Å². The predicted molar refractivity (Wildman–Crippen MR) is 87.2 cm³/mol. The van der Waals surface area contributed by atoms with E-state index in [-0.39, 0.29) is 0 Å². The zero-order valence-electron chi connectivity index (χ0n) is 12.7. The number of hydrogen-bond acceptors (Lipinski definition) is 3. The average Bonchev–Trinajstić information content (AvgIpc) is 2.94. The molecule has 0 aliphatic heterocycles. The Bertz CT molecular complexity index is 596. The number of aryl methyl sites for hydroxylation is 2. The van der Waals surface area contributed by atoms with Gasteiger partial charge in [-0.05, 0) is 37.1 Å². The Morgan fingerprint density at radius 1 is 1.19 bits per heavy atom. The van der Waals surface area contributed by atoms with E-state index >= 15 is 0 Å². The fourth-order valence-corrected chi connectivity index (χ4v) is 2.50. The van der Waals surface area contributed by atoms with Crippen LogP contribution in [-0.2, 0) is 24.9 Å². The van der Waals surface area contributed by atoms with E-state index < -0.39 is 0 Å². The van der Waals surface area contributed by atoms with E-state index in [1.165, 1.54) is 0 Å². The van der Waals surface area contributed by atoms with E-state index in [1.807, 2.05) is 22.9 Å². The Morgan fingerprint density at radius 2 is 2.00 bits per heavy atom. The fraction of sp³-hybridized carbons (Fsp3) is 0.438. The van der Waals surface area contributed by atoms with Gasteiger partial charge in [0.1, 0.15) is 6.61 Å². The summed E-state index contributed by atoms with van der Waals surface area (Å²) < 4.78 is 13.3. The van der Waals surface area contributed by atoms with Gasteiger partial charge in [-0.2, -0.15) is 5.10 Å². The number of rotatable bonds is 7. The van der Waals surface area contributed by atoms with Crippen LogP contribution in [0.2, 0.25) is 0 Å². The molecule has 2 rings (SSSR count). The van der Waals surface area contributed by atoms with Crippen LogP contribution in [0.5, 0.6) is 11.5 Å². The molecule has 0 saturated carbocycles. The van der Waals surface area contributed by atoms with Gasteiger partial charge < -0.3 is 9.47 Å². The molecule has 0 atom stereocenters. The SMILES string of the molecule is CCc1cc(COc2cc(CBr)ccc2OC)n(CC)n1. The Morgan fingerprint density at radius 3 is 2.62 bits per heavy atom. The number of methoxy groups -OCH3 is 1. The first-order chi connectivity index (χ1) is 10.2. The summed E-state index contributed by atoms with van der Waals surface area (Å²) in [5.74, 6) is 1.51. The van der Waals surface area contributed by atoms with Gasteiger partial charge in [0.2, 0.25) is 0 Å². The predicted octanol–water partition coefficient (Wildman–Crippen LogP) is 3.95. The van der Waals surface area contributed by atoms with E-state index in [2.05, 4.69) is 40.9 Å². The van der Waals surface area contributed by atoms with Crippen LogP contribution < -0.4 is 9.47 Å². The molecule has 0 unspecified atom stereocenters. The molecule has 0 N–H and O–H groups in total. The molecular weight excluding hydrogens is 332 g/mol. The lowest BCUT2D eigenvalue weighted by molar-refractivity contribution is 0.274. The topological polar surface area (TPSA) is 36.3 Å². The number of alkyl halides is 1. The van der Waals surface area contributed by atoms with Crippen LogP contribution >= 0.6 is 15.9 Å². The van der Waals surface area contributed by atoms with Crippen LogP contribution in [0.15, 0.2) is 24.3 Å². The number of aromatic nitrogens is 2. The van der Waals surface area contributed by atoms with Crippen molar-refractivity contribution < 1.29 is 9.47 Å². The molecule has 0 bridgehead atoms. The van der Waals surface area contributed by atoms with E-state index in [0.29, 0.717) is 6.61 Å². The Kier molecular flexibility index (Phi) is 5.67. The van der Waals surface area contributed by atoms with Gasteiger partial charge in [0.05, 0.1) is 18.5 Å². The smallest absolute Gasteiger partial charge is 0.162 e. The average molecular weight is 353 g/mol. The van der Waals surface area contributed by atoms with Gasteiger partial charge in [-0.15, -0.1) is 0 Å². The molecule has 0 aliphatic rings. The molecule has 1 heterocycles. The van der Waals surface area contributed by atoms with Crippen molar-refractivity contribution in [2.75, 3.05) is 7.11 Å². The van der Waals surface area contributed by atoms with Crippen LogP contribution in [0.4, 0.5) is 0 Å². The molecule has 1 aromatic heterocycles. The summed E-state index contributed by atoms with van der Waals surface area (Å²) in [6, 6.07) is 8.05. The van der Waals surface area contributed by atoms with Crippen molar-refractivity contribution in [3.05, 3.63) is 41.2 Å². The number of benzene rings is 1. The van der Waals surface area contributed by atoms with Crippen molar-refractivity contribution in [1.29, 1.82) is 0 Å². The number of ether oxygens (including phenoxy) is 2. The minimum Gasteiger partial charge on any atom is -0.493 e. The summed E-state index contributed by atoms with van der Waals surface area (Å²) >= 11 is 3.46. The Labute approximate surface area is 134 Å². The van der Waals surface area contributed by atoms with E-state index in [9.17, 15) is 0 Å². The molecule has 5 heteroatoms. The van der Waals surface area contributed by atoms with Crippen molar-refractivity contribution >= 4 is 15.9 Å². The van der Waals surface area contributed by atoms with Gasteiger partial charge in [-0.25, -0.2) is 0 Å². The second-order valence-corrected chi connectivity index (χ2v) is 5.26. The Hall–Kier alpha value is -1.49. The summed E-state index contributed by atoms with van der Waals surface area (Å²) in [4.78, 5) is 0. The summed E-state index contributed by atoms with van der Waals surface area (Å²) in [6.07, 6.45) is 0.933. The maximum atomic E-state index is 5.95. The molecule has 4 nitrogen and oxygen atoms in total. The Balaban J connectivity index is 2.17. The van der Waals surface area contributed by atoms with Crippen LogP contribution in [0.25, 0.3) is 0 Å². The minimum absolute atomic E-state index is 0.489. The van der Waals surface area contributed by atoms with E-state index in [0.717, 1.165) is 46.7 Å². The second-order valence-electron chi connectivity index (χ2n) is 4.70.